The van der Waals surface area contributed by atoms with Crippen molar-refractivity contribution >= 4 is 11.6 Å². The Hall–Kier alpha value is -1.87. The summed E-state index contributed by atoms with van der Waals surface area (Å²) in [4.78, 5) is 14.0. The predicted molar refractivity (Wildman–Crippen MR) is 74.5 cm³/mol. The molecular weight excluding hydrogens is 224 g/mol. The van der Waals surface area contributed by atoms with Gasteiger partial charge < -0.3 is 10.2 Å². The standard InChI is InChI=1S/C15H18N2O/c1-2-3-4-9-15(18)17-11-10-16-12-13-7-5-6-8-14(13)17/h2-9,16H,10-12H2,1H3. The van der Waals surface area contributed by atoms with Crippen molar-refractivity contribution in [1.82, 2.24) is 5.32 Å². The molecule has 18 heavy (non-hydrogen) atoms. The quantitative estimate of drug-likeness (QED) is 0.637. The Labute approximate surface area is 108 Å². The van der Waals surface area contributed by atoms with Crippen LogP contribution < -0.4 is 10.2 Å². The average Bonchev–Trinajstić information content (AvgIpc) is 2.61. The molecule has 94 valence electrons. The van der Waals surface area contributed by atoms with Gasteiger partial charge in [0.25, 0.3) is 5.91 Å². The number of rotatable bonds is 2. The Balaban J connectivity index is 2.25. The molecule has 0 aliphatic carbocycles. The van der Waals surface area contributed by atoms with E-state index in [1.165, 1.54) is 5.56 Å². The molecule has 0 fully saturated rings. The van der Waals surface area contributed by atoms with E-state index in [9.17, 15) is 4.79 Å². The molecule has 2 rings (SSSR count). The van der Waals surface area contributed by atoms with Gasteiger partial charge in [-0.3, -0.25) is 4.79 Å². The molecule has 0 unspecified atom stereocenters. The number of hydrogen-bond acceptors (Lipinski definition) is 2. The minimum atomic E-state index is 0.0317. The van der Waals surface area contributed by atoms with Crippen LogP contribution in [0.25, 0.3) is 0 Å². The molecule has 1 aromatic rings. The van der Waals surface area contributed by atoms with Crippen molar-refractivity contribution in [1.29, 1.82) is 0 Å². The first kappa shape index (κ1) is 12.6. The first-order chi connectivity index (χ1) is 8.83. The number of carbonyl (C=O) groups excluding carboxylic acids is 1. The zero-order chi connectivity index (χ0) is 12.8. The zero-order valence-electron chi connectivity index (χ0n) is 10.6. The molecule has 0 bridgehead atoms. The molecule has 0 saturated heterocycles. The second-order valence-electron chi connectivity index (χ2n) is 4.18. The van der Waals surface area contributed by atoms with Crippen LogP contribution in [-0.4, -0.2) is 19.0 Å². The summed E-state index contributed by atoms with van der Waals surface area (Å²) in [6, 6.07) is 8.04. The molecule has 1 N–H and O–H groups in total. The van der Waals surface area contributed by atoms with E-state index in [1.807, 2.05) is 42.2 Å². The van der Waals surface area contributed by atoms with Crippen molar-refractivity contribution in [2.75, 3.05) is 18.0 Å². The second kappa shape index (κ2) is 6.17. The smallest absolute Gasteiger partial charge is 0.251 e. The Morgan fingerprint density at radius 2 is 2.17 bits per heavy atom. The molecule has 3 nitrogen and oxygen atoms in total. The van der Waals surface area contributed by atoms with Crippen molar-refractivity contribution < 1.29 is 4.79 Å². The number of para-hydroxylation sites is 1. The van der Waals surface area contributed by atoms with Gasteiger partial charge >= 0.3 is 0 Å². The SMILES string of the molecule is CC=CC=CC(=O)N1CCNCc2ccccc21. The van der Waals surface area contributed by atoms with E-state index in [2.05, 4.69) is 11.4 Å². The van der Waals surface area contributed by atoms with Crippen LogP contribution >= 0.6 is 0 Å². The lowest BCUT2D eigenvalue weighted by molar-refractivity contribution is -0.114. The minimum absolute atomic E-state index is 0.0317. The van der Waals surface area contributed by atoms with Crippen LogP contribution in [0.4, 0.5) is 5.69 Å². The third-order valence-electron chi connectivity index (χ3n) is 2.92. The van der Waals surface area contributed by atoms with Crippen molar-refractivity contribution in [3.63, 3.8) is 0 Å². The fraction of sp³-hybridized carbons (Fsp3) is 0.267. The maximum Gasteiger partial charge on any atom is 0.251 e. The molecule has 0 radical (unpaired) electrons. The normalized spacial score (nSPS) is 15.9. The van der Waals surface area contributed by atoms with Gasteiger partial charge in [-0.2, -0.15) is 0 Å². The van der Waals surface area contributed by atoms with Gasteiger partial charge in [-0.05, 0) is 18.6 Å². The fourth-order valence-corrected chi connectivity index (χ4v) is 2.03. The third kappa shape index (κ3) is 2.87. The molecule has 3 heteroatoms. The Kier molecular flexibility index (Phi) is 4.31. The highest BCUT2D eigenvalue weighted by Crippen LogP contribution is 2.22. The average molecular weight is 242 g/mol. The van der Waals surface area contributed by atoms with Gasteiger partial charge in [0.2, 0.25) is 0 Å². The van der Waals surface area contributed by atoms with E-state index in [0.29, 0.717) is 6.54 Å². The lowest BCUT2D eigenvalue weighted by Crippen LogP contribution is -2.33. The Morgan fingerprint density at radius 1 is 1.33 bits per heavy atom. The molecule has 0 saturated carbocycles. The van der Waals surface area contributed by atoms with Crippen LogP contribution in [0.3, 0.4) is 0 Å². The molecule has 1 heterocycles. The molecule has 0 atom stereocenters. The van der Waals surface area contributed by atoms with Crippen LogP contribution in [0.15, 0.2) is 48.6 Å². The maximum absolute atomic E-state index is 12.2. The number of nitrogens with one attached hydrogen (secondary N) is 1. The molecule has 1 aromatic carbocycles. The van der Waals surface area contributed by atoms with Gasteiger partial charge in [0.1, 0.15) is 0 Å². The third-order valence-corrected chi connectivity index (χ3v) is 2.92. The number of hydrogen-bond donors (Lipinski definition) is 1. The highest BCUT2D eigenvalue weighted by Gasteiger charge is 2.18. The van der Waals surface area contributed by atoms with Crippen molar-refractivity contribution in [2.24, 2.45) is 0 Å². The topological polar surface area (TPSA) is 32.3 Å². The number of fused-ring (bicyclic) bond motifs is 1. The first-order valence-corrected chi connectivity index (χ1v) is 6.22. The van der Waals surface area contributed by atoms with E-state index in [-0.39, 0.29) is 5.91 Å². The lowest BCUT2D eigenvalue weighted by atomic mass is 10.1. The maximum atomic E-state index is 12.2. The van der Waals surface area contributed by atoms with E-state index in [4.69, 9.17) is 0 Å². The van der Waals surface area contributed by atoms with Crippen molar-refractivity contribution in [3.8, 4) is 0 Å². The summed E-state index contributed by atoms with van der Waals surface area (Å²) in [7, 11) is 0. The predicted octanol–water partition coefficient (Wildman–Crippen LogP) is 2.26. The number of benzene rings is 1. The summed E-state index contributed by atoms with van der Waals surface area (Å²) in [6.45, 7) is 4.27. The number of anilines is 1. The van der Waals surface area contributed by atoms with Crippen LogP contribution in [0.1, 0.15) is 12.5 Å². The van der Waals surface area contributed by atoms with Gasteiger partial charge in [-0.25, -0.2) is 0 Å². The summed E-state index contributed by atoms with van der Waals surface area (Å²) >= 11 is 0. The highest BCUT2D eigenvalue weighted by molar-refractivity contribution is 6.02. The largest absolute Gasteiger partial charge is 0.311 e. The zero-order valence-corrected chi connectivity index (χ0v) is 10.6. The lowest BCUT2D eigenvalue weighted by Gasteiger charge is -2.20. The second-order valence-corrected chi connectivity index (χ2v) is 4.18. The van der Waals surface area contributed by atoms with E-state index < -0.39 is 0 Å². The minimum Gasteiger partial charge on any atom is -0.311 e. The summed E-state index contributed by atoms with van der Waals surface area (Å²) < 4.78 is 0. The van der Waals surface area contributed by atoms with E-state index in [0.717, 1.165) is 18.8 Å². The summed E-state index contributed by atoms with van der Waals surface area (Å²) in [5.41, 5.74) is 2.18. The number of amides is 1. The van der Waals surface area contributed by atoms with Gasteiger partial charge in [0.05, 0.1) is 0 Å². The summed E-state index contributed by atoms with van der Waals surface area (Å²) in [5, 5.41) is 3.32. The molecule has 1 aliphatic rings. The van der Waals surface area contributed by atoms with Crippen LogP contribution in [0, 0.1) is 0 Å². The monoisotopic (exact) mass is 242 g/mol. The van der Waals surface area contributed by atoms with Gasteiger partial charge in [-0.1, -0.05) is 36.4 Å². The van der Waals surface area contributed by atoms with Crippen molar-refractivity contribution in [2.45, 2.75) is 13.5 Å². The van der Waals surface area contributed by atoms with E-state index >= 15 is 0 Å². The Morgan fingerprint density at radius 3 is 3.00 bits per heavy atom. The fourth-order valence-electron chi connectivity index (χ4n) is 2.03. The van der Waals surface area contributed by atoms with Gasteiger partial charge in [0, 0.05) is 31.4 Å². The van der Waals surface area contributed by atoms with Crippen LogP contribution in [-0.2, 0) is 11.3 Å². The summed E-state index contributed by atoms with van der Waals surface area (Å²) in [6.07, 6.45) is 7.16. The van der Waals surface area contributed by atoms with E-state index in [1.54, 1.807) is 12.2 Å². The molecular formula is C15H18N2O. The van der Waals surface area contributed by atoms with Crippen molar-refractivity contribution in [3.05, 3.63) is 54.1 Å². The Bertz CT molecular complexity index is 477. The van der Waals surface area contributed by atoms with Crippen LogP contribution in [0.2, 0.25) is 0 Å². The van der Waals surface area contributed by atoms with Crippen LogP contribution in [0.5, 0.6) is 0 Å². The van der Waals surface area contributed by atoms with Gasteiger partial charge in [0.15, 0.2) is 0 Å². The molecule has 1 aliphatic heterocycles. The number of nitrogens with zero attached hydrogens (tertiary/aromatic N) is 1. The number of allylic oxidation sites excluding steroid dienone is 3. The molecule has 0 aromatic heterocycles. The summed E-state index contributed by atoms with van der Waals surface area (Å²) in [5.74, 6) is 0.0317. The molecule has 0 spiro atoms. The first-order valence-electron chi connectivity index (χ1n) is 6.22. The van der Waals surface area contributed by atoms with Gasteiger partial charge in [-0.15, -0.1) is 0 Å². The number of carbonyl (C=O) groups is 1. The highest BCUT2D eigenvalue weighted by atomic mass is 16.2. The molecule has 1 amide bonds.